The van der Waals surface area contributed by atoms with Crippen LogP contribution in [-0.4, -0.2) is 48.2 Å². The van der Waals surface area contributed by atoms with Gasteiger partial charge in [-0.15, -0.1) is 0 Å². The maximum Gasteiger partial charge on any atom is 0.433 e. The number of halogens is 3. The predicted molar refractivity (Wildman–Crippen MR) is 93.9 cm³/mol. The number of ether oxygens (including phenoxy) is 2. The van der Waals surface area contributed by atoms with Crippen LogP contribution in [-0.2, 0) is 12.7 Å². The van der Waals surface area contributed by atoms with Crippen LogP contribution in [0.3, 0.4) is 0 Å². The first kappa shape index (κ1) is 19.2. The molecule has 1 aromatic carbocycles. The highest BCUT2D eigenvalue weighted by Gasteiger charge is 2.33. The normalized spacial score (nSPS) is 17.7. The standard InChI is InChI=1S/C18H21F3N4O2/c1-26-14-3-4-15(27-2)12(7-14)9-25-6-5-13(10-25)24-17-8-16(18(19,20)21)22-11-23-17/h3-4,7-8,11,13H,5-6,9-10H2,1-2H3,(H,22,23,24). The Morgan fingerprint density at radius 1 is 1.19 bits per heavy atom. The number of methoxy groups -OCH3 is 2. The largest absolute Gasteiger partial charge is 0.497 e. The summed E-state index contributed by atoms with van der Waals surface area (Å²) in [6, 6.07) is 6.58. The zero-order chi connectivity index (χ0) is 19.4. The molecular formula is C18H21F3N4O2. The lowest BCUT2D eigenvalue weighted by atomic mass is 10.1. The van der Waals surface area contributed by atoms with Crippen molar-refractivity contribution in [1.82, 2.24) is 14.9 Å². The molecule has 2 heterocycles. The molecule has 1 unspecified atom stereocenters. The molecule has 0 spiro atoms. The van der Waals surface area contributed by atoms with Gasteiger partial charge in [0, 0.05) is 37.3 Å². The molecule has 1 aromatic heterocycles. The summed E-state index contributed by atoms with van der Waals surface area (Å²) in [5.41, 5.74) is 0.0508. The van der Waals surface area contributed by atoms with E-state index in [1.807, 2.05) is 18.2 Å². The number of rotatable bonds is 6. The Kier molecular flexibility index (Phi) is 5.69. The van der Waals surface area contributed by atoms with Gasteiger partial charge in [0.15, 0.2) is 0 Å². The fourth-order valence-electron chi connectivity index (χ4n) is 3.14. The summed E-state index contributed by atoms with van der Waals surface area (Å²) in [6.45, 7) is 2.16. The van der Waals surface area contributed by atoms with Gasteiger partial charge in [-0.3, -0.25) is 4.90 Å². The van der Waals surface area contributed by atoms with Crippen LogP contribution in [0.4, 0.5) is 19.0 Å². The third-order valence-corrected chi connectivity index (χ3v) is 4.46. The summed E-state index contributed by atoms with van der Waals surface area (Å²) < 4.78 is 49.0. The molecule has 0 aliphatic carbocycles. The number of hydrogen-bond donors (Lipinski definition) is 1. The summed E-state index contributed by atoms with van der Waals surface area (Å²) in [7, 11) is 3.23. The molecule has 0 saturated carbocycles. The first-order valence-corrected chi connectivity index (χ1v) is 8.48. The fourth-order valence-corrected chi connectivity index (χ4v) is 3.14. The molecular weight excluding hydrogens is 361 g/mol. The lowest BCUT2D eigenvalue weighted by Gasteiger charge is -2.19. The van der Waals surface area contributed by atoms with E-state index in [0.717, 1.165) is 42.4 Å². The summed E-state index contributed by atoms with van der Waals surface area (Å²) in [4.78, 5) is 9.39. The Labute approximate surface area is 155 Å². The second kappa shape index (κ2) is 7.99. The second-order valence-corrected chi connectivity index (χ2v) is 6.33. The van der Waals surface area contributed by atoms with Crippen LogP contribution in [0.15, 0.2) is 30.6 Å². The minimum absolute atomic E-state index is 0.0117. The Balaban J connectivity index is 1.63. The highest BCUT2D eigenvalue weighted by atomic mass is 19.4. The fraction of sp³-hybridized carbons (Fsp3) is 0.444. The van der Waals surface area contributed by atoms with Gasteiger partial charge in [-0.1, -0.05) is 0 Å². The monoisotopic (exact) mass is 382 g/mol. The van der Waals surface area contributed by atoms with Crippen molar-refractivity contribution in [3.8, 4) is 11.5 Å². The van der Waals surface area contributed by atoms with E-state index >= 15 is 0 Å². The van der Waals surface area contributed by atoms with Crippen LogP contribution >= 0.6 is 0 Å². The zero-order valence-corrected chi connectivity index (χ0v) is 15.1. The van der Waals surface area contributed by atoms with Crippen molar-refractivity contribution >= 4 is 5.82 Å². The number of nitrogens with one attached hydrogen (secondary N) is 1. The summed E-state index contributed by atoms with van der Waals surface area (Å²) in [5.74, 6) is 1.71. The SMILES string of the molecule is COc1ccc(OC)c(CN2CCC(Nc3cc(C(F)(F)F)ncn3)C2)c1. The van der Waals surface area contributed by atoms with Crippen LogP contribution in [0.1, 0.15) is 17.7 Å². The van der Waals surface area contributed by atoms with E-state index in [-0.39, 0.29) is 11.9 Å². The minimum atomic E-state index is -4.48. The van der Waals surface area contributed by atoms with E-state index in [1.165, 1.54) is 0 Å². The molecule has 3 rings (SSSR count). The maximum atomic E-state index is 12.8. The Morgan fingerprint density at radius 2 is 2.00 bits per heavy atom. The van der Waals surface area contributed by atoms with Gasteiger partial charge in [-0.25, -0.2) is 9.97 Å². The first-order chi connectivity index (χ1) is 12.9. The van der Waals surface area contributed by atoms with Crippen LogP contribution in [0.2, 0.25) is 0 Å². The Hall–Kier alpha value is -2.55. The molecule has 0 radical (unpaired) electrons. The van der Waals surface area contributed by atoms with Crippen molar-refractivity contribution in [3.63, 3.8) is 0 Å². The van der Waals surface area contributed by atoms with E-state index in [1.54, 1.807) is 14.2 Å². The number of nitrogens with zero attached hydrogens (tertiary/aromatic N) is 3. The van der Waals surface area contributed by atoms with E-state index in [0.29, 0.717) is 13.1 Å². The highest BCUT2D eigenvalue weighted by molar-refractivity contribution is 5.41. The number of likely N-dealkylation sites (tertiary alicyclic amines) is 1. The van der Waals surface area contributed by atoms with Crippen molar-refractivity contribution in [1.29, 1.82) is 0 Å². The molecule has 1 aliphatic heterocycles. The maximum absolute atomic E-state index is 12.8. The van der Waals surface area contributed by atoms with Gasteiger partial charge in [-0.2, -0.15) is 13.2 Å². The van der Waals surface area contributed by atoms with Crippen molar-refractivity contribution < 1.29 is 22.6 Å². The molecule has 1 aliphatic rings. The summed E-state index contributed by atoms with van der Waals surface area (Å²) in [6.07, 6.45) is -2.75. The molecule has 27 heavy (non-hydrogen) atoms. The molecule has 2 aromatic rings. The van der Waals surface area contributed by atoms with Gasteiger partial charge in [0.2, 0.25) is 0 Å². The minimum Gasteiger partial charge on any atom is -0.497 e. The quantitative estimate of drug-likeness (QED) is 0.828. The van der Waals surface area contributed by atoms with Gasteiger partial charge in [0.1, 0.15) is 29.3 Å². The average Bonchev–Trinajstić information content (AvgIpc) is 3.08. The van der Waals surface area contributed by atoms with Gasteiger partial charge >= 0.3 is 6.18 Å². The Bertz CT molecular complexity index is 785. The number of anilines is 1. The van der Waals surface area contributed by atoms with Gasteiger partial charge in [0.05, 0.1) is 14.2 Å². The predicted octanol–water partition coefficient (Wildman–Crippen LogP) is 3.20. The zero-order valence-electron chi connectivity index (χ0n) is 15.1. The van der Waals surface area contributed by atoms with Crippen molar-refractivity contribution in [2.24, 2.45) is 0 Å². The van der Waals surface area contributed by atoms with Gasteiger partial charge in [-0.05, 0) is 24.6 Å². The highest BCUT2D eigenvalue weighted by Crippen LogP contribution is 2.29. The number of benzene rings is 1. The molecule has 146 valence electrons. The molecule has 9 heteroatoms. The lowest BCUT2D eigenvalue weighted by Crippen LogP contribution is -2.26. The smallest absolute Gasteiger partial charge is 0.433 e. The Morgan fingerprint density at radius 3 is 2.70 bits per heavy atom. The van der Waals surface area contributed by atoms with Crippen molar-refractivity contribution in [2.45, 2.75) is 25.2 Å². The van der Waals surface area contributed by atoms with Gasteiger partial charge in [0.25, 0.3) is 0 Å². The molecule has 1 fully saturated rings. The second-order valence-electron chi connectivity index (χ2n) is 6.33. The first-order valence-electron chi connectivity index (χ1n) is 8.48. The summed E-state index contributed by atoms with van der Waals surface area (Å²) in [5, 5.41) is 3.07. The van der Waals surface area contributed by atoms with Crippen LogP contribution < -0.4 is 14.8 Å². The van der Waals surface area contributed by atoms with Crippen LogP contribution in [0.25, 0.3) is 0 Å². The number of aromatic nitrogens is 2. The van der Waals surface area contributed by atoms with Crippen molar-refractivity contribution in [2.75, 3.05) is 32.6 Å². The number of hydrogen-bond acceptors (Lipinski definition) is 6. The van der Waals surface area contributed by atoms with Crippen LogP contribution in [0, 0.1) is 0 Å². The molecule has 1 saturated heterocycles. The van der Waals surface area contributed by atoms with Gasteiger partial charge < -0.3 is 14.8 Å². The third-order valence-electron chi connectivity index (χ3n) is 4.46. The van der Waals surface area contributed by atoms with Crippen molar-refractivity contribution in [3.05, 3.63) is 41.9 Å². The molecule has 0 bridgehead atoms. The molecule has 1 atom stereocenters. The molecule has 1 N–H and O–H groups in total. The van der Waals surface area contributed by atoms with E-state index in [4.69, 9.17) is 9.47 Å². The third kappa shape index (κ3) is 4.79. The summed E-state index contributed by atoms with van der Waals surface area (Å²) >= 11 is 0. The lowest BCUT2D eigenvalue weighted by molar-refractivity contribution is -0.141. The average molecular weight is 382 g/mol. The van der Waals surface area contributed by atoms with Crippen LogP contribution in [0.5, 0.6) is 11.5 Å². The molecule has 6 nitrogen and oxygen atoms in total. The van der Waals surface area contributed by atoms with E-state index in [2.05, 4.69) is 20.2 Å². The topological polar surface area (TPSA) is 59.5 Å². The van der Waals surface area contributed by atoms with E-state index < -0.39 is 11.9 Å². The van der Waals surface area contributed by atoms with E-state index in [9.17, 15) is 13.2 Å². The molecule has 0 amide bonds. The number of alkyl halides is 3.